The molecule has 4 heteroatoms. The molecule has 0 saturated carbocycles. The number of aliphatic hydroxyl groups excluding tert-OH is 1. The van der Waals surface area contributed by atoms with Crippen molar-refractivity contribution in [3.8, 4) is 5.75 Å². The van der Waals surface area contributed by atoms with Crippen LogP contribution >= 0.6 is 11.8 Å². The van der Waals surface area contributed by atoms with Crippen LogP contribution in [-0.2, 0) is 4.74 Å². The number of benzene rings is 1. The van der Waals surface area contributed by atoms with E-state index in [1.807, 2.05) is 12.1 Å². The Hall–Kier alpha value is -0.710. The van der Waals surface area contributed by atoms with Crippen LogP contribution in [0.15, 0.2) is 29.2 Å². The van der Waals surface area contributed by atoms with Gasteiger partial charge in [0.25, 0.3) is 0 Å². The van der Waals surface area contributed by atoms with E-state index in [0.717, 1.165) is 4.90 Å². The molecule has 0 amide bonds. The number of phenolic OH excluding ortho intramolecular Hbond substituents is 1. The zero-order valence-corrected chi connectivity index (χ0v) is 8.41. The van der Waals surface area contributed by atoms with Crippen LogP contribution < -0.4 is 0 Å². The van der Waals surface area contributed by atoms with Gasteiger partial charge in [-0.2, -0.15) is 0 Å². The van der Waals surface area contributed by atoms with E-state index >= 15 is 0 Å². The van der Waals surface area contributed by atoms with Gasteiger partial charge >= 0.3 is 0 Å². The van der Waals surface area contributed by atoms with E-state index in [1.165, 1.54) is 0 Å². The molecule has 0 aromatic heterocycles. The summed E-state index contributed by atoms with van der Waals surface area (Å²) in [5.41, 5.74) is 0. The maximum atomic E-state index is 9.51. The molecule has 1 aliphatic rings. The fourth-order valence-electron chi connectivity index (χ4n) is 1.34. The van der Waals surface area contributed by atoms with E-state index in [-0.39, 0.29) is 17.1 Å². The van der Waals surface area contributed by atoms with Crippen molar-refractivity contribution in [1.29, 1.82) is 0 Å². The van der Waals surface area contributed by atoms with Gasteiger partial charge in [-0.1, -0.05) is 0 Å². The molecule has 1 saturated heterocycles. The first-order valence-electron chi connectivity index (χ1n) is 4.47. The number of thioether (sulfide) groups is 1. The first-order chi connectivity index (χ1) is 6.75. The van der Waals surface area contributed by atoms with Gasteiger partial charge < -0.3 is 14.9 Å². The summed E-state index contributed by atoms with van der Waals surface area (Å²) >= 11 is 1.58. The van der Waals surface area contributed by atoms with Crippen molar-refractivity contribution >= 4 is 11.8 Å². The molecule has 2 rings (SSSR count). The molecule has 0 aliphatic carbocycles. The van der Waals surface area contributed by atoms with Gasteiger partial charge in [-0.3, -0.25) is 0 Å². The minimum atomic E-state index is -0.381. The Kier molecular flexibility index (Phi) is 2.96. The van der Waals surface area contributed by atoms with E-state index < -0.39 is 0 Å². The lowest BCUT2D eigenvalue weighted by Gasteiger charge is -2.11. The third kappa shape index (κ3) is 2.20. The highest BCUT2D eigenvalue weighted by Gasteiger charge is 2.26. The lowest BCUT2D eigenvalue weighted by atomic mass is 10.3. The van der Waals surface area contributed by atoms with Crippen LogP contribution in [0.3, 0.4) is 0 Å². The van der Waals surface area contributed by atoms with Gasteiger partial charge in [0.05, 0.1) is 24.6 Å². The maximum Gasteiger partial charge on any atom is 0.115 e. The number of hydrogen-bond donors (Lipinski definition) is 2. The Labute approximate surface area is 86.7 Å². The molecule has 1 heterocycles. The van der Waals surface area contributed by atoms with Crippen molar-refractivity contribution in [2.24, 2.45) is 0 Å². The van der Waals surface area contributed by atoms with Crippen LogP contribution in [0.5, 0.6) is 5.75 Å². The molecule has 2 N–H and O–H groups in total. The quantitative estimate of drug-likeness (QED) is 0.774. The van der Waals surface area contributed by atoms with E-state index in [1.54, 1.807) is 23.9 Å². The van der Waals surface area contributed by atoms with Crippen LogP contribution in [-0.4, -0.2) is 34.8 Å². The van der Waals surface area contributed by atoms with Crippen LogP contribution in [0.2, 0.25) is 0 Å². The summed E-state index contributed by atoms with van der Waals surface area (Å²) in [6, 6.07) is 6.96. The summed E-state index contributed by atoms with van der Waals surface area (Å²) in [5.74, 6) is 0.262. The second kappa shape index (κ2) is 4.21. The van der Waals surface area contributed by atoms with Crippen LogP contribution in [0.1, 0.15) is 0 Å². The fraction of sp³-hybridized carbons (Fsp3) is 0.400. The largest absolute Gasteiger partial charge is 0.508 e. The van der Waals surface area contributed by atoms with E-state index in [0.29, 0.717) is 13.2 Å². The van der Waals surface area contributed by atoms with E-state index in [2.05, 4.69) is 0 Å². The fourth-order valence-corrected chi connectivity index (χ4v) is 2.38. The number of ether oxygens (including phenoxy) is 1. The number of aromatic hydroxyl groups is 1. The molecule has 2 atom stereocenters. The summed E-state index contributed by atoms with van der Waals surface area (Å²) in [7, 11) is 0. The molecule has 1 aliphatic heterocycles. The molecule has 0 radical (unpaired) electrons. The van der Waals surface area contributed by atoms with Crippen molar-refractivity contribution in [3.05, 3.63) is 24.3 Å². The summed E-state index contributed by atoms with van der Waals surface area (Å²) in [6.07, 6.45) is -0.381. The molecule has 3 nitrogen and oxygen atoms in total. The van der Waals surface area contributed by atoms with Crippen molar-refractivity contribution in [2.75, 3.05) is 13.2 Å². The smallest absolute Gasteiger partial charge is 0.115 e. The van der Waals surface area contributed by atoms with Gasteiger partial charge in [-0.15, -0.1) is 11.8 Å². The summed E-state index contributed by atoms with van der Waals surface area (Å²) in [6.45, 7) is 1.02. The lowest BCUT2D eigenvalue weighted by Crippen LogP contribution is -2.19. The Morgan fingerprint density at radius 1 is 1.21 bits per heavy atom. The summed E-state index contributed by atoms with van der Waals surface area (Å²) in [5, 5.41) is 18.7. The zero-order valence-electron chi connectivity index (χ0n) is 7.59. The predicted molar refractivity (Wildman–Crippen MR) is 54.6 cm³/mol. The first-order valence-corrected chi connectivity index (χ1v) is 5.35. The molecule has 0 spiro atoms. The van der Waals surface area contributed by atoms with Crippen LogP contribution in [0.4, 0.5) is 0 Å². The molecule has 0 bridgehead atoms. The third-order valence-corrected chi connectivity index (χ3v) is 3.42. The summed E-state index contributed by atoms with van der Waals surface area (Å²) in [4.78, 5) is 1.04. The number of aliphatic hydroxyl groups is 1. The lowest BCUT2D eigenvalue weighted by molar-refractivity contribution is 0.127. The van der Waals surface area contributed by atoms with Gasteiger partial charge in [-0.25, -0.2) is 0 Å². The second-order valence-electron chi connectivity index (χ2n) is 3.26. The van der Waals surface area contributed by atoms with E-state index in [9.17, 15) is 5.11 Å². The molecule has 1 aromatic carbocycles. The SMILES string of the molecule is Oc1ccc(S[C@@H]2COC[C@H]2O)cc1. The molecule has 14 heavy (non-hydrogen) atoms. The number of rotatable bonds is 2. The van der Waals surface area contributed by atoms with Gasteiger partial charge in [0.2, 0.25) is 0 Å². The topological polar surface area (TPSA) is 49.7 Å². The minimum absolute atomic E-state index is 0.111. The third-order valence-electron chi connectivity index (χ3n) is 2.12. The molecule has 1 aromatic rings. The first kappa shape index (κ1) is 9.83. The molecular formula is C10H12O3S. The Bertz CT molecular complexity index is 299. The maximum absolute atomic E-state index is 9.51. The molecule has 1 fully saturated rings. The average molecular weight is 212 g/mol. The van der Waals surface area contributed by atoms with Crippen molar-refractivity contribution in [2.45, 2.75) is 16.2 Å². The highest BCUT2D eigenvalue weighted by Crippen LogP contribution is 2.29. The number of phenols is 1. The Morgan fingerprint density at radius 2 is 1.93 bits per heavy atom. The predicted octanol–water partition coefficient (Wildman–Crippen LogP) is 1.24. The zero-order chi connectivity index (χ0) is 9.97. The van der Waals surface area contributed by atoms with E-state index in [4.69, 9.17) is 9.84 Å². The number of hydrogen-bond acceptors (Lipinski definition) is 4. The van der Waals surface area contributed by atoms with Gasteiger partial charge in [0.15, 0.2) is 0 Å². The molecule has 0 unspecified atom stereocenters. The molecule has 76 valence electrons. The standard InChI is InChI=1S/C10H12O3S/c11-7-1-3-8(4-2-7)14-10-6-13-5-9(10)12/h1-4,9-12H,5-6H2/t9-,10-/m1/s1. The second-order valence-corrected chi connectivity index (χ2v) is 4.57. The van der Waals surface area contributed by atoms with Gasteiger partial charge in [0.1, 0.15) is 5.75 Å². The summed E-state index contributed by atoms with van der Waals surface area (Å²) < 4.78 is 5.15. The normalized spacial score (nSPS) is 26.6. The van der Waals surface area contributed by atoms with Crippen LogP contribution in [0.25, 0.3) is 0 Å². The minimum Gasteiger partial charge on any atom is -0.508 e. The Balaban J connectivity index is 2.00. The van der Waals surface area contributed by atoms with Gasteiger partial charge in [-0.05, 0) is 24.3 Å². The molecular weight excluding hydrogens is 200 g/mol. The Morgan fingerprint density at radius 3 is 2.50 bits per heavy atom. The highest BCUT2D eigenvalue weighted by molar-refractivity contribution is 8.00. The van der Waals surface area contributed by atoms with Crippen LogP contribution in [0, 0.1) is 0 Å². The highest BCUT2D eigenvalue weighted by atomic mass is 32.2. The van der Waals surface area contributed by atoms with Gasteiger partial charge in [0, 0.05) is 4.90 Å². The van der Waals surface area contributed by atoms with Crippen molar-refractivity contribution < 1.29 is 14.9 Å². The monoisotopic (exact) mass is 212 g/mol. The van der Waals surface area contributed by atoms with Crippen molar-refractivity contribution in [1.82, 2.24) is 0 Å². The van der Waals surface area contributed by atoms with Crippen molar-refractivity contribution in [3.63, 3.8) is 0 Å². The average Bonchev–Trinajstić information content (AvgIpc) is 2.56.